The van der Waals surface area contributed by atoms with Gasteiger partial charge >= 0.3 is 0 Å². The molecule has 9 rings (SSSR count). The van der Waals surface area contributed by atoms with E-state index in [-0.39, 0.29) is 5.91 Å². The lowest BCUT2D eigenvalue weighted by molar-refractivity contribution is 0.0999. The van der Waals surface area contributed by atoms with Crippen LogP contribution in [0, 0.1) is 0 Å². The van der Waals surface area contributed by atoms with Crippen LogP contribution in [0.5, 0.6) is 0 Å². The molecule has 0 aliphatic heterocycles. The lowest BCUT2D eigenvalue weighted by Gasteiger charge is -2.24. The second-order valence-electron chi connectivity index (χ2n) is 12.1. The van der Waals surface area contributed by atoms with Crippen molar-refractivity contribution in [2.24, 2.45) is 0 Å². The van der Waals surface area contributed by atoms with Crippen LogP contribution in [-0.4, -0.2) is 5.91 Å². The number of fused-ring (bicyclic) bond motifs is 6. The van der Waals surface area contributed by atoms with Gasteiger partial charge in [0.2, 0.25) is 0 Å². The Labute approximate surface area is 292 Å². The molecule has 0 aliphatic carbocycles. The third-order valence-electron chi connectivity index (χ3n) is 9.28. The van der Waals surface area contributed by atoms with E-state index in [4.69, 9.17) is 0 Å². The van der Waals surface area contributed by atoms with Crippen molar-refractivity contribution in [3.05, 3.63) is 175 Å². The molecule has 232 valence electrons. The summed E-state index contributed by atoms with van der Waals surface area (Å²) in [6.07, 6.45) is 1.79. The van der Waals surface area contributed by atoms with Gasteiger partial charge in [-0.25, -0.2) is 0 Å². The van der Waals surface area contributed by atoms with Crippen LogP contribution in [-0.2, 0) is 0 Å². The van der Waals surface area contributed by atoms with Gasteiger partial charge in [-0.1, -0.05) is 122 Å². The Morgan fingerprint density at radius 2 is 0.939 bits per heavy atom. The number of anilines is 2. The van der Waals surface area contributed by atoms with Gasteiger partial charge in [-0.2, -0.15) is 0 Å². The highest BCUT2D eigenvalue weighted by atomic mass is 32.1. The van der Waals surface area contributed by atoms with Crippen LogP contribution in [0.25, 0.3) is 68.7 Å². The van der Waals surface area contributed by atoms with E-state index in [1.807, 2.05) is 51.8 Å². The monoisotopic (exact) mass is 663 g/mol. The zero-order valence-electron chi connectivity index (χ0n) is 26.5. The number of hydrogen-bond acceptors (Lipinski definition) is 3. The number of nitrogens with zero attached hydrogens (tertiary/aromatic N) is 1. The summed E-state index contributed by atoms with van der Waals surface area (Å²) in [6, 6.07) is 54.6. The molecule has 0 fully saturated rings. The molecule has 2 heterocycles. The van der Waals surface area contributed by atoms with E-state index in [2.05, 4.69) is 140 Å². The number of carbonyl (C=O) groups excluding carboxylic acids is 1. The summed E-state index contributed by atoms with van der Waals surface area (Å²) in [5.41, 5.74) is 7.84. The minimum absolute atomic E-state index is 0.0886. The van der Waals surface area contributed by atoms with Gasteiger partial charge in [-0.3, -0.25) is 9.69 Å². The maximum atomic E-state index is 14.3. The van der Waals surface area contributed by atoms with Crippen LogP contribution in [0.4, 0.5) is 11.4 Å². The molecule has 0 N–H and O–H groups in total. The minimum atomic E-state index is -0.0886. The molecular formula is C45H29NOS2. The van der Waals surface area contributed by atoms with Gasteiger partial charge in [0.25, 0.3) is 5.91 Å². The average molecular weight is 664 g/mol. The van der Waals surface area contributed by atoms with Gasteiger partial charge in [0.05, 0.1) is 0 Å². The van der Waals surface area contributed by atoms with Crippen molar-refractivity contribution >= 4 is 86.4 Å². The van der Waals surface area contributed by atoms with Crippen LogP contribution in [0.15, 0.2) is 164 Å². The van der Waals surface area contributed by atoms with Crippen molar-refractivity contribution in [2.45, 2.75) is 0 Å². The molecule has 2 aromatic heterocycles. The molecule has 9 aromatic rings. The van der Waals surface area contributed by atoms with Gasteiger partial charge in [-0.05, 0) is 76.3 Å². The standard InChI is InChI=1S/C45H29NOS2/c1-2-29-17-19-32(20-18-29)45(47)46(33-25-21-30(22-26-33)35-11-7-13-39-37-9-3-5-15-41(37)48-43(35)39)34-27-23-31(24-28-34)36-12-8-14-40-38-10-4-6-16-42(38)49-44(36)40/h2-28H,1H2. The van der Waals surface area contributed by atoms with Crippen molar-refractivity contribution in [1.82, 2.24) is 0 Å². The Balaban J connectivity index is 1.12. The number of hydrogen-bond donors (Lipinski definition) is 0. The minimum Gasteiger partial charge on any atom is -0.277 e. The van der Waals surface area contributed by atoms with Crippen molar-refractivity contribution in [1.29, 1.82) is 0 Å². The first kappa shape index (κ1) is 29.3. The number of carbonyl (C=O) groups is 1. The highest BCUT2D eigenvalue weighted by Gasteiger charge is 2.21. The largest absolute Gasteiger partial charge is 0.277 e. The molecule has 0 spiro atoms. The molecule has 2 nitrogen and oxygen atoms in total. The Bertz CT molecular complexity index is 2520. The average Bonchev–Trinajstić information content (AvgIpc) is 3.74. The first-order chi connectivity index (χ1) is 24.2. The molecule has 7 aromatic carbocycles. The summed E-state index contributed by atoms with van der Waals surface area (Å²) in [5.74, 6) is -0.0886. The predicted octanol–water partition coefficient (Wildman–Crippen LogP) is 13.4. The van der Waals surface area contributed by atoms with Crippen molar-refractivity contribution in [2.75, 3.05) is 4.90 Å². The quantitative estimate of drug-likeness (QED) is 0.173. The fraction of sp³-hybridized carbons (Fsp3) is 0. The predicted molar refractivity (Wildman–Crippen MR) is 213 cm³/mol. The number of rotatable bonds is 6. The molecule has 0 saturated carbocycles. The molecule has 4 heteroatoms. The first-order valence-electron chi connectivity index (χ1n) is 16.2. The third kappa shape index (κ3) is 5.05. The number of amides is 1. The van der Waals surface area contributed by atoms with Crippen molar-refractivity contribution in [3.63, 3.8) is 0 Å². The topological polar surface area (TPSA) is 20.3 Å². The van der Waals surface area contributed by atoms with Gasteiger partial charge in [-0.15, -0.1) is 22.7 Å². The second-order valence-corrected chi connectivity index (χ2v) is 14.2. The molecular weight excluding hydrogens is 635 g/mol. The van der Waals surface area contributed by atoms with Crippen LogP contribution in [0.2, 0.25) is 0 Å². The maximum absolute atomic E-state index is 14.3. The normalized spacial score (nSPS) is 11.4. The molecule has 0 radical (unpaired) electrons. The SMILES string of the molecule is C=Cc1ccc(C(=O)N(c2ccc(-c3cccc4c3sc3ccccc34)cc2)c2ccc(-c3cccc4c3sc3ccccc34)cc2)cc1. The highest BCUT2D eigenvalue weighted by molar-refractivity contribution is 7.26. The van der Waals surface area contributed by atoms with E-state index in [0.29, 0.717) is 5.56 Å². The van der Waals surface area contributed by atoms with Crippen LogP contribution < -0.4 is 4.90 Å². The lowest BCUT2D eigenvalue weighted by atomic mass is 10.0. The number of benzene rings is 7. The maximum Gasteiger partial charge on any atom is 0.262 e. The van der Waals surface area contributed by atoms with Gasteiger partial charge in [0.15, 0.2) is 0 Å². The van der Waals surface area contributed by atoms with Crippen LogP contribution in [0.1, 0.15) is 15.9 Å². The molecule has 0 bridgehead atoms. The van der Waals surface area contributed by atoms with E-state index in [0.717, 1.165) is 28.1 Å². The third-order valence-corrected chi connectivity index (χ3v) is 11.7. The summed E-state index contributed by atoms with van der Waals surface area (Å²) in [7, 11) is 0. The lowest BCUT2D eigenvalue weighted by Crippen LogP contribution is -2.25. The van der Waals surface area contributed by atoms with E-state index in [1.165, 1.54) is 51.5 Å². The van der Waals surface area contributed by atoms with Gasteiger partial charge in [0.1, 0.15) is 0 Å². The Morgan fingerprint density at radius 1 is 0.490 bits per heavy atom. The van der Waals surface area contributed by atoms with E-state index in [9.17, 15) is 4.79 Å². The van der Waals surface area contributed by atoms with Crippen molar-refractivity contribution in [3.8, 4) is 22.3 Å². The summed E-state index contributed by atoms with van der Waals surface area (Å²) in [4.78, 5) is 16.1. The number of thiophene rings is 2. The zero-order chi connectivity index (χ0) is 32.9. The molecule has 0 saturated heterocycles. The summed E-state index contributed by atoms with van der Waals surface area (Å²) in [6.45, 7) is 3.87. The van der Waals surface area contributed by atoms with Crippen molar-refractivity contribution < 1.29 is 4.79 Å². The van der Waals surface area contributed by atoms with Gasteiger partial charge < -0.3 is 0 Å². The molecule has 0 unspecified atom stereocenters. The Hall–Kier alpha value is -5.81. The summed E-state index contributed by atoms with van der Waals surface area (Å²) in [5, 5.41) is 5.11. The Kier molecular flexibility index (Phi) is 7.19. The highest BCUT2D eigenvalue weighted by Crippen LogP contribution is 2.42. The molecule has 0 aliphatic rings. The molecule has 49 heavy (non-hydrogen) atoms. The summed E-state index contributed by atoms with van der Waals surface area (Å²) >= 11 is 3.65. The van der Waals surface area contributed by atoms with Crippen LogP contribution >= 0.6 is 22.7 Å². The van der Waals surface area contributed by atoms with E-state index in [1.54, 1.807) is 6.08 Å². The Morgan fingerprint density at radius 3 is 1.41 bits per heavy atom. The van der Waals surface area contributed by atoms with Crippen LogP contribution in [0.3, 0.4) is 0 Å². The molecule has 0 atom stereocenters. The van der Waals surface area contributed by atoms with E-state index >= 15 is 0 Å². The van der Waals surface area contributed by atoms with Gasteiger partial charge in [0, 0.05) is 57.3 Å². The zero-order valence-corrected chi connectivity index (χ0v) is 28.1. The second kappa shape index (κ2) is 12.0. The van der Waals surface area contributed by atoms with E-state index < -0.39 is 0 Å². The summed E-state index contributed by atoms with van der Waals surface area (Å²) < 4.78 is 5.12. The fourth-order valence-electron chi connectivity index (χ4n) is 6.80. The fourth-order valence-corrected chi connectivity index (χ4v) is 9.28. The smallest absolute Gasteiger partial charge is 0.262 e. The molecule has 1 amide bonds. The first-order valence-corrected chi connectivity index (χ1v) is 17.9.